The number of hydrogen-bond acceptors (Lipinski definition) is 11. The molecule has 3 saturated carbocycles. The van der Waals surface area contributed by atoms with E-state index in [0.29, 0.717) is 0 Å². The Bertz CT molecular complexity index is 1660. The summed E-state index contributed by atoms with van der Waals surface area (Å²) in [6.45, 7) is 4.53. The van der Waals surface area contributed by atoms with Crippen LogP contribution in [0.1, 0.15) is 50.6 Å². The normalized spacial score (nSPS) is 36.5. The second-order valence-electron chi connectivity index (χ2n) is 13.0. The Balaban J connectivity index is 1.44. The third kappa shape index (κ3) is 5.52. The highest BCUT2D eigenvalue weighted by Crippen LogP contribution is 2.72. The molecule has 0 amide bonds. The molecule has 0 bridgehead atoms. The Morgan fingerprint density at radius 3 is 2.56 bits per heavy atom. The second kappa shape index (κ2) is 13.1. The van der Waals surface area contributed by atoms with Crippen molar-refractivity contribution in [1.82, 2.24) is 0 Å². The summed E-state index contributed by atoms with van der Waals surface area (Å²) < 4.78 is 54.2. The summed E-state index contributed by atoms with van der Waals surface area (Å²) in [6.07, 6.45) is 2.85. The van der Waals surface area contributed by atoms with Crippen LogP contribution >= 0.6 is 11.8 Å². The zero-order valence-electron chi connectivity index (χ0n) is 26.8. The highest BCUT2D eigenvalue weighted by Gasteiger charge is 2.78. The topological polar surface area (TPSA) is 146 Å². The van der Waals surface area contributed by atoms with Crippen LogP contribution in [-0.4, -0.2) is 76.9 Å². The third-order valence-electron chi connectivity index (χ3n) is 10.7. The number of allylic oxidation sites excluding steroid dienone is 4. The molecular formula is C35H36F2O10S. The molecular weight excluding hydrogens is 650 g/mol. The van der Waals surface area contributed by atoms with Crippen LogP contribution in [0.25, 0.3) is 0 Å². The Morgan fingerprint density at radius 2 is 1.88 bits per heavy atom. The number of methoxy groups -OCH3 is 1. The average molecular weight is 687 g/mol. The molecule has 13 heteroatoms. The van der Waals surface area contributed by atoms with Crippen molar-refractivity contribution in [3.63, 3.8) is 0 Å². The number of fused-ring (bicyclic) bond motifs is 5. The van der Waals surface area contributed by atoms with Crippen LogP contribution in [0.5, 0.6) is 0 Å². The van der Waals surface area contributed by atoms with Gasteiger partial charge in [0.05, 0.1) is 25.2 Å². The van der Waals surface area contributed by atoms with E-state index in [9.17, 15) is 29.1 Å². The van der Waals surface area contributed by atoms with Crippen LogP contribution in [0.4, 0.5) is 8.78 Å². The van der Waals surface area contributed by atoms with Crippen LogP contribution in [-0.2, 0) is 33.4 Å². The number of aliphatic hydroxyl groups is 1. The van der Waals surface area contributed by atoms with E-state index >= 15 is 8.78 Å². The SMILES string of the molecule is COC(=O)/C=C/C(=O)OCC#CCSC(=O)[C@@]1(OC(=O)c2ccco2)[C@H](C)C[C@H]2[C@@H]3C[C@H](F)C4=CC(=O)C=C[C@]4(C)[C@@]3(F)[C@@H](O)C[C@@]21C. The molecule has 0 spiro atoms. The highest BCUT2D eigenvalue weighted by molar-refractivity contribution is 8.14. The van der Waals surface area contributed by atoms with Gasteiger partial charge in [-0.05, 0) is 62.0 Å². The lowest BCUT2D eigenvalue weighted by Crippen LogP contribution is -2.70. The molecule has 256 valence electrons. The highest BCUT2D eigenvalue weighted by atomic mass is 32.2. The van der Waals surface area contributed by atoms with Gasteiger partial charge in [0, 0.05) is 34.8 Å². The van der Waals surface area contributed by atoms with E-state index in [-0.39, 0.29) is 43.0 Å². The van der Waals surface area contributed by atoms with Crippen molar-refractivity contribution in [3.05, 3.63) is 60.1 Å². The maximum Gasteiger partial charge on any atom is 0.375 e. The van der Waals surface area contributed by atoms with Crippen LogP contribution in [0, 0.1) is 40.4 Å². The number of carbonyl (C=O) groups excluding carboxylic acids is 5. The quantitative estimate of drug-likeness (QED) is 0.190. The van der Waals surface area contributed by atoms with E-state index in [1.54, 1.807) is 13.8 Å². The molecule has 4 aliphatic rings. The molecule has 10 nitrogen and oxygen atoms in total. The molecule has 1 N–H and O–H groups in total. The van der Waals surface area contributed by atoms with Gasteiger partial charge in [0.15, 0.2) is 23.7 Å². The third-order valence-corrected chi connectivity index (χ3v) is 11.5. The van der Waals surface area contributed by atoms with E-state index < -0.39 is 80.9 Å². The van der Waals surface area contributed by atoms with Gasteiger partial charge in [-0.3, -0.25) is 9.59 Å². The number of furan rings is 1. The van der Waals surface area contributed by atoms with E-state index in [4.69, 9.17) is 13.9 Å². The monoisotopic (exact) mass is 686 g/mol. The standard InChI is InChI=1S/C35H36F2O10S/c1-20-16-22-23-18-25(36)24-17-21(38)11-12-32(24,2)34(23,37)27(39)19-33(22,3)35(20,47-30(42)26-8-7-14-45-26)31(43)48-15-6-5-13-46-29(41)10-9-28(40)44-4/h7-12,14,17,20,22-23,25,27,39H,13,15-16,18-19H2,1-4H3/b10-9+/t20-,22+,23+,25+,27+,32+,33+,34+,35+/m1/s1. The number of hydrogen-bond donors (Lipinski definition) is 1. The molecule has 5 rings (SSSR count). The fourth-order valence-electron chi connectivity index (χ4n) is 8.48. The molecule has 0 aliphatic heterocycles. The van der Waals surface area contributed by atoms with Gasteiger partial charge in [-0.2, -0.15) is 0 Å². The van der Waals surface area contributed by atoms with Gasteiger partial charge in [-0.15, -0.1) is 0 Å². The van der Waals surface area contributed by atoms with Gasteiger partial charge in [0.1, 0.15) is 6.17 Å². The van der Waals surface area contributed by atoms with E-state index in [1.165, 1.54) is 37.5 Å². The number of aliphatic hydroxyl groups excluding tert-OH is 1. The van der Waals surface area contributed by atoms with Gasteiger partial charge < -0.3 is 23.7 Å². The van der Waals surface area contributed by atoms with Crippen molar-refractivity contribution in [2.75, 3.05) is 19.5 Å². The van der Waals surface area contributed by atoms with Crippen LogP contribution in [0.3, 0.4) is 0 Å². The number of esters is 3. The van der Waals surface area contributed by atoms with E-state index in [1.807, 2.05) is 0 Å². The number of ether oxygens (including phenoxy) is 3. The maximum atomic E-state index is 17.7. The minimum Gasteiger partial charge on any atom is -0.466 e. The number of carbonyl (C=O) groups is 5. The summed E-state index contributed by atoms with van der Waals surface area (Å²) in [5.41, 5.74) is -7.26. The summed E-state index contributed by atoms with van der Waals surface area (Å²) in [4.78, 5) is 62.8. The summed E-state index contributed by atoms with van der Waals surface area (Å²) in [5.74, 6) is -0.383. The lowest BCUT2D eigenvalue weighted by atomic mass is 9.44. The molecule has 0 radical (unpaired) electrons. The zero-order chi connectivity index (χ0) is 35.1. The molecule has 0 unspecified atom stereocenters. The number of halogens is 2. The van der Waals surface area contributed by atoms with Crippen molar-refractivity contribution < 1.29 is 56.5 Å². The molecule has 48 heavy (non-hydrogen) atoms. The number of alkyl halides is 2. The second-order valence-corrected chi connectivity index (χ2v) is 13.9. The lowest BCUT2D eigenvalue weighted by Gasteiger charge is -2.63. The Hall–Kier alpha value is -4.02. The number of rotatable bonds is 7. The van der Waals surface area contributed by atoms with Gasteiger partial charge in [0.25, 0.3) is 0 Å². The largest absolute Gasteiger partial charge is 0.466 e. The van der Waals surface area contributed by atoms with Crippen LogP contribution < -0.4 is 0 Å². The fraction of sp³-hybridized carbons (Fsp3) is 0.514. The van der Waals surface area contributed by atoms with Crippen LogP contribution in [0.15, 0.2) is 58.8 Å². The molecule has 1 heterocycles. The summed E-state index contributed by atoms with van der Waals surface area (Å²) in [5, 5.41) is 11.1. The van der Waals surface area contributed by atoms with Crippen molar-refractivity contribution in [2.45, 2.75) is 63.6 Å². The first-order chi connectivity index (χ1) is 22.7. The average Bonchev–Trinajstić information content (AvgIpc) is 3.66. The molecule has 0 saturated heterocycles. The van der Waals surface area contributed by atoms with Gasteiger partial charge in [-0.1, -0.05) is 43.5 Å². The molecule has 9 atom stereocenters. The van der Waals surface area contributed by atoms with E-state index in [2.05, 4.69) is 16.6 Å². The zero-order valence-corrected chi connectivity index (χ0v) is 27.6. The first-order valence-electron chi connectivity index (χ1n) is 15.4. The molecule has 1 aromatic heterocycles. The van der Waals surface area contributed by atoms with Gasteiger partial charge in [-0.25, -0.2) is 23.2 Å². The molecule has 3 fully saturated rings. The predicted octanol–water partition coefficient (Wildman–Crippen LogP) is 4.28. The van der Waals surface area contributed by atoms with E-state index in [0.717, 1.165) is 37.1 Å². The molecule has 4 aliphatic carbocycles. The van der Waals surface area contributed by atoms with Crippen molar-refractivity contribution in [1.29, 1.82) is 0 Å². The summed E-state index contributed by atoms with van der Waals surface area (Å²) >= 11 is 0.750. The Morgan fingerprint density at radius 1 is 1.15 bits per heavy atom. The van der Waals surface area contributed by atoms with Crippen LogP contribution in [0.2, 0.25) is 0 Å². The Kier molecular flexibility index (Phi) is 9.65. The minimum atomic E-state index is -2.38. The lowest BCUT2D eigenvalue weighted by molar-refractivity contribution is -0.221. The predicted molar refractivity (Wildman–Crippen MR) is 167 cm³/mol. The number of ketones is 1. The number of thioether (sulfide) groups is 1. The Labute approximate surface area is 280 Å². The van der Waals surface area contributed by atoms with Gasteiger partial charge >= 0.3 is 17.9 Å². The van der Waals surface area contributed by atoms with Gasteiger partial charge in [0.2, 0.25) is 10.9 Å². The first kappa shape index (κ1) is 35.3. The smallest absolute Gasteiger partial charge is 0.375 e. The van der Waals surface area contributed by atoms with Crippen molar-refractivity contribution in [2.24, 2.45) is 28.6 Å². The fourth-order valence-corrected chi connectivity index (χ4v) is 9.48. The maximum absolute atomic E-state index is 17.7. The van der Waals surface area contributed by atoms with Crippen molar-refractivity contribution >= 4 is 40.6 Å². The molecule has 0 aromatic carbocycles. The summed E-state index contributed by atoms with van der Waals surface area (Å²) in [7, 11) is 1.16. The first-order valence-corrected chi connectivity index (χ1v) is 16.4. The summed E-state index contributed by atoms with van der Waals surface area (Å²) in [6, 6.07) is 2.86. The minimum absolute atomic E-state index is 0.0201. The molecule has 1 aromatic rings. The van der Waals surface area contributed by atoms with Crippen molar-refractivity contribution in [3.8, 4) is 11.8 Å².